The van der Waals surface area contributed by atoms with Crippen LogP contribution >= 0.6 is 46.1 Å². The van der Waals surface area contributed by atoms with Crippen molar-refractivity contribution in [3.05, 3.63) is 52.7 Å². The quantitative estimate of drug-likeness (QED) is 0.149. The van der Waals surface area contributed by atoms with E-state index in [9.17, 15) is 14.0 Å². The number of benzene rings is 2. The predicted octanol–water partition coefficient (Wildman–Crippen LogP) is 6.04. The van der Waals surface area contributed by atoms with E-state index in [0.29, 0.717) is 0 Å². The second-order valence-electron chi connectivity index (χ2n) is 10.7. The molecule has 16 heteroatoms. The fourth-order valence-electron chi connectivity index (χ4n) is 6.25. The van der Waals surface area contributed by atoms with Crippen molar-refractivity contribution in [2.24, 2.45) is 0 Å². The molecule has 2 aromatic heterocycles. The van der Waals surface area contributed by atoms with Crippen LogP contribution in [-0.4, -0.2) is 62.9 Å². The molecule has 4 heterocycles. The minimum absolute atomic E-state index is 0.0146. The first kappa shape index (κ1) is 31.0. The summed E-state index contributed by atoms with van der Waals surface area (Å²) in [5.41, 5.74) is 4.42. The molecule has 2 N–H and O–H groups in total. The normalized spacial score (nSPS) is 20.5. The molecule has 0 unspecified atom stereocenters. The van der Waals surface area contributed by atoms with Crippen molar-refractivity contribution in [1.82, 2.24) is 19.4 Å². The number of carbonyl (C=O) groups is 1. The summed E-state index contributed by atoms with van der Waals surface area (Å²) in [5, 5.41) is 0.155. The monoisotopic (exact) mass is 760 g/mol. The van der Waals surface area contributed by atoms with Gasteiger partial charge in [0.2, 0.25) is 5.91 Å². The Labute approximate surface area is 270 Å². The summed E-state index contributed by atoms with van der Waals surface area (Å²) >= 11 is 3.74. The van der Waals surface area contributed by atoms with Gasteiger partial charge in [-0.1, -0.05) is 17.9 Å². The highest BCUT2D eigenvalue weighted by atomic mass is 127. The highest BCUT2D eigenvalue weighted by Crippen LogP contribution is 2.51. The first-order chi connectivity index (χ1) is 20.8. The van der Waals surface area contributed by atoms with E-state index in [-0.39, 0.29) is 91.5 Å². The Bertz CT molecular complexity index is 1890. The molecular weight excluding hydrogens is 735 g/mol. The maximum absolute atomic E-state index is 15.0. The number of hydrogen-bond acceptors (Lipinski definition) is 9. The molecule has 4 aromatic rings. The van der Waals surface area contributed by atoms with Gasteiger partial charge in [0, 0.05) is 52.3 Å². The van der Waals surface area contributed by atoms with Crippen molar-refractivity contribution in [3.63, 3.8) is 0 Å². The van der Waals surface area contributed by atoms with Gasteiger partial charge >= 0.3 is 11.9 Å². The van der Waals surface area contributed by atoms with E-state index in [1.54, 1.807) is 32.8 Å². The molecule has 1 amide bonds. The molecule has 1 fully saturated rings. The number of rotatable bonds is 5. The summed E-state index contributed by atoms with van der Waals surface area (Å²) in [6.45, 7) is 7.81. The van der Waals surface area contributed by atoms with E-state index < -0.39 is 29.3 Å². The van der Waals surface area contributed by atoms with Crippen LogP contribution in [-0.2, 0) is 14.0 Å². The van der Waals surface area contributed by atoms with Crippen LogP contribution in [0.15, 0.2) is 40.5 Å². The van der Waals surface area contributed by atoms with Crippen LogP contribution in [0.3, 0.4) is 0 Å². The number of nitrogens with two attached hydrogens (primary N) is 1. The molecule has 3 atom stereocenters. The largest absolute Gasteiger partial charge is 0.417 e. The van der Waals surface area contributed by atoms with Crippen LogP contribution in [0, 0.1) is 5.82 Å². The topological polar surface area (TPSA) is 107 Å². The van der Waals surface area contributed by atoms with Crippen molar-refractivity contribution in [1.29, 1.82) is 0 Å². The fraction of sp³-hybridized carbons (Fsp3) is 0.357. The summed E-state index contributed by atoms with van der Waals surface area (Å²) in [6.07, 6.45) is -3.61. The Kier molecular flexibility index (Phi) is 8.07. The molecule has 1 saturated heterocycles. The number of hydrogen-bond donors (Lipinski definition) is 1. The molecular formula is C28H25F4IN6O3S2. The van der Waals surface area contributed by atoms with Gasteiger partial charge in [0.1, 0.15) is 34.6 Å². The number of carbonyl (C=O) groups excluding carboxylic acids is 1. The SMILES string of the molecule is C=CC(=O)N1[C@H](C)CN(c2nc(=O)n3c4c(c(-c5ccc(F)c6sc(N)nc56)c(C(F)(F)F)cc24)SC[C@@H]3COI)C[C@@H]1C. The van der Waals surface area contributed by atoms with Gasteiger partial charge in [-0.05, 0) is 38.1 Å². The molecule has 44 heavy (non-hydrogen) atoms. The van der Waals surface area contributed by atoms with E-state index in [2.05, 4.69) is 16.5 Å². The minimum Gasteiger partial charge on any atom is -0.375 e. The zero-order valence-corrected chi connectivity index (χ0v) is 27.1. The number of fused-ring (bicyclic) bond motifs is 1. The number of amides is 1. The molecule has 9 nitrogen and oxygen atoms in total. The lowest BCUT2D eigenvalue weighted by Crippen LogP contribution is -2.58. The summed E-state index contributed by atoms with van der Waals surface area (Å²) in [7, 11) is 0. The van der Waals surface area contributed by atoms with Crippen molar-refractivity contribution >= 4 is 84.1 Å². The van der Waals surface area contributed by atoms with Gasteiger partial charge in [-0.25, -0.2) is 14.2 Å². The average Bonchev–Trinajstić information content (AvgIpc) is 3.36. The number of alkyl halides is 3. The van der Waals surface area contributed by atoms with E-state index in [1.807, 2.05) is 13.8 Å². The fourth-order valence-corrected chi connectivity index (χ4v) is 8.74. The van der Waals surface area contributed by atoms with Crippen LogP contribution in [0.5, 0.6) is 0 Å². The van der Waals surface area contributed by atoms with Crippen molar-refractivity contribution in [2.75, 3.05) is 36.1 Å². The molecule has 232 valence electrons. The van der Waals surface area contributed by atoms with Crippen molar-refractivity contribution in [2.45, 2.75) is 43.0 Å². The lowest BCUT2D eigenvalue weighted by atomic mass is 9.95. The number of piperazine rings is 1. The first-order valence-corrected chi connectivity index (χ1v) is 16.1. The Hall–Kier alpha value is -2.96. The average molecular weight is 761 g/mol. The highest BCUT2D eigenvalue weighted by Gasteiger charge is 2.41. The van der Waals surface area contributed by atoms with Gasteiger partial charge in [-0.2, -0.15) is 18.2 Å². The summed E-state index contributed by atoms with van der Waals surface area (Å²) in [4.78, 5) is 38.4. The number of aromatic nitrogens is 3. The van der Waals surface area contributed by atoms with Crippen LogP contribution < -0.4 is 16.3 Å². The van der Waals surface area contributed by atoms with E-state index >= 15 is 13.2 Å². The molecule has 0 radical (unpaired) electrons. The van der Waals surface area contributed by atoms with Crippen LogP contribution in [0.1, 0.15) is 25.5 Å². The van der Waals surface area contributed by atoms with Crippen molar-refractivity contribution < 1.29 is 25.4 Å². The molecule has 2 aliphatic rings. The van der Waals surface area contributed by atoms with Gasteiger partial charge in [0.25, 0.3) is 0 Å². The number of nitrogens with zero attached hydrogens (tertiary/aromatic N) is 5. The van der Waals surface area contributed by atoms with E-state index in [1.165, 1.54) is 28.5 Å². The Morgan fingerprint density at radius 1 is 1.25 bits per heavy atom. The molecule has 2 aliphatic heterocycles. The zero-order valence-electron chi connectivity index (χ0n) is 23.3. The minimum atomic E-state index is -4.83. The van der Waals surface area contributed by atoms with Gasteiger partial charge < -0.3 is 18.6 Å². The maximum Gasteiger partial charge on any atom is 0.417 e. The summed E-state index contributed by atoms with van der Waals surface area (Å²) in [5.74, 6) is -0.568. The zero-order chi connectivity index (χ0) is 31.7. The third-order valence-corrected chi connectivity index (χ3v) is 10.4. The lowest BCUT2D eigenvalue weighted by molar-refractivity contribution is -0.137. The molecule has 6 rings (SSSR count). The Morgan fingerprint density at radius 2 is 1.95 bits per heavy atom. The standard InChI is InChI=1S/C28H25F4IN6O3S2/c1-4-19(40)38-12(2)8-37(9-13(38)3)25-16-7-17(28(30,31)32)20(15-5-6-18(29)23-21(15)35-26(34)44-23)24-22(16)39(27(41)36-25)14(10-42-33)11-43-24/h4-7,12-14H,1,8-11H2,2-3H3,(H2,34,35)/t12-,13+,14-/m0/s1. The number of thioether (sulfide) groups is 1. The molecule has 0 saturated carbocycles. The summed E-state index contributed by atoms with van der Waals surface area (Å²) in [6, 6.07) is 2.21. The van der Waals surface area contributed by atoms with E-state index in [0.717, 1.165) is 23.5 Å². The Morgan fingerprint density at radius 3 is 2.59 bits per heavy atom. The molecule has 0 bridgehead atoms. The second kappa shape index (κ2) is 11.4. The smallest absolute Gasteiger partial charge is 0.375 e. The predicted molar refractivity (Wildman–Crippen MR) is 172 cm³/mol. The third-order valence-electron chi connectivity index (χ3n) is 7.92. The number of halogens is 5. The first-order valence-electron chi connectivity index (χ1n) is 13.5. The van der Waals surface area contributed by atoms with Gasteiger partial charge in [0.15, 0.2) is 5.13 Å². The van der Waals surface area contributed by atoms with Gasteiger partial charge in [0.05, 0.1) is 33.9 Å². The van der Waals surface area contributed by atoms with Gasteiger partial charge in [-0.3, -0.25) is 9.36 Å². The number of anilines is 2. The molecule has 0 spiro atoms. The van der Waals surface area contributed by atoms with Crippen LogP contribution in [0.4, 0.5) is 28.5 Å². The van der Waals surface area contributed by atoms with E-state index in [4.69, 9.17) is 8.80 Å². The van der Waals surface area contributed by atoms with Crippen molar-refractivity contribution in [3.8, 4) is 11.1 Å². The third kappa shape index (κ3) is 5.02. The highest BCUT2D eigenvalue weighted by molar-refractivity contribution is 14.1. The number of nitrogen functional groups attached to an aromatic ring is 1. The lowest BCUT2D eigenvalue weighted by Gasteiger charge is -2.45. The van der Waals surface area contributed by atoms with Crippen LogP contribution in [0.25, 0.3) is 32.2 Å². The Balaban J connectivity index is 1.68. The van der Waals surface area contributed by atoms with Gasteiger partial charge in [-0.15, -0.1) is 11.8 Å². The summed E-state index contributed by atoms with van der Waals surface area (Å²) < 4.78 is 66.6. The maximum atomic E-state index is 15.0. The second-order valence-corrected chi connectivity index (χ2v) is 13.4. The number of thiazole rings is 1. The van der Waals surface area contributed by atoms with Crippen LogP contribution in [0.2, 0.25) is 0 Å². The molecule has 0 aliphatic carbocycles. The molecule has 2 aromatic carbocycles.